The van der Waals surface area contributed by atoms with Crippen LogP contribution in [0, 0.1) is 0 Å². The van der Waals surface area contributed by atoms with Crippen molar-refractivity contribution >= 4 is 33.6 Å². The molecule has 0 bridgehead atoms. The standard InChI is InChI=1S/C16H16ClN7O5S/c1-28-12-6-13(29-2)21-15(20-12)22-16(25)23-30(26,27)14-10(4-3-5-11(14)17)7-24-9-18-8-19-24/h3-6,8-9H,7H2,1-2H3,(H2,20,21,22,23,25). The molecule has 0 unspecified atom stereocenters. The van der Waals surface area contributed by atoms with E-state index in [2.05, 4.69) is 25.4 Å². The predicted molar refractivity (Wildman–Crippen MR) is 105 cm³/mol. The number of methoxy groups -OCH3 is 2. The molecule has 0 aliphatic heterocycles. The first-order chi connectivity index (χ1) is 14.3. The van der Waals surface area contributed by atoms with Gasteiger partial charge in [-0.25, -0.2) is 27.6 Å². The quantitative estimate of drug-likeness (QED) is 0.539. The molecular weight excluding hydrogens is 438 g/mol. The maximum absolute atomic E-state index is 12.9. The van der Waals surface area contributed by atoms with E-state index in [9.17, 15) is 13.2 Å². The van der Waals surface area contributed by atoms with E-state index in [4.69, 9.17) is 21.1 Å². The van der Waals surface area contributed by atoms with E-state index in [0.29, 0.717) is 5.56 Å². The molecule has 0 fully saturated rings. The lowest BCUT2D eigenvalue weighted by molar-refractivity contribution is 0.256. The molecule has 0 aliphatic rings. The zero-order chi connectivity index (χ0) is 21.7. The Labute approximate surface area is 176 Å². The molecule has 2 aromatic heterocycles. The van der Waals surface area contributed by atoms with Crippen molar-refractivity contribution in [1.82, 2.24) is 29.5 Å². The van der Waals surface area contributed by atoms with Gasteiger partial charge in [0.2, 0.25) is 17.7 Å². The van der Waals surface area contributed by atoms with Crippen LogP contribution in [0.1, 0.15) is 5.56 Å². The SMILES string of the molecule is COc1cc(OC)nc(NC(=O)NS(=O)(=O)c2c(Cl)cccc2Cn2cncn2)n1. The van der Waals surface area contributed by atoms with Crippen LogP contribution in [0.5, 0.6) is 11.8 Å². The highest BCUT2D eigenvalue weighted by molar-refractivity contribution is 7.90. The third kappa shape index (κ3) is 4.93. The first kappa shape index (κ1) is 21.3. The topological polar surface area (TPSA) is 150 Å². The molecule has 2 N–H and O–H groups in total. The molecule has 0 saturated heterocycles. The Morgan fingerprint density at radius 1 is 1.20 bits per heavy atom. The minimum Gasteiger partial charge on any atom is -0.481 e. The smallest absolute Gasteiger partial charge is 0.335 e. The average Bonchev–Trinajstić information content (AvgIpc) is 3.19. The van der Waals surface area contributed by atoms with Gasteiger partial charge in [0.1, 0.15) is 17.6 Å². The Morgan fingerprint density at radius 3 is 2.50 bits per heavy atom. The van der Waals surface area contributed by atoms with Gasteiger partial charge in [0.15, 0.2) is 0 Å². The van der Waals surface area contributed by atoms with E-state index in [1.807, 2.05) is 4.72 Å². The van der Waals surface area contributed by atoms with Crippen LogP contribution in [0.2, 0.25) is 5.02 Å². The summed E-state index contributed by atoms with van der Waals surface area (Å²) in [5.74, 6) is 0.00311. The van der Waals surface area contributed by atoms with Crippen LogP contribution in [0.15, 0.2) is 41.8 Å². The van der Waals surface area contributed by atoms with Crippen LogP contribution >= 0.6 is 11.6 Å². The van der Waals surface area contributed by atoms with E-state index in [0.717, 1.165) is 0 Å². The number of carbonyl (C=O) groups excluding carboxylic acids is 1. The second-order valence-electron chi connectivity index (χ2n) is 5.66. The van der Waals surface area contributed by atoms with Crippen molar-refractivity contribution in [1.29, 1.82) is 0 Å². The fraction of sp³-hybridized carbons (Fsp3) is 0.188. The van der Waals surface area contributed by atoms with Crippen molar-refractivity contribution in [2.75, 3.05) is 19.5 Å². The molecule has 12 nitrogen and oxygen atoms in total. The highest BCUT2D eigenvalue weighted by Crippen LogP contribution is 2.26. The molecule has 0 saturated carbocycles. The van der Waals surface area contributed by atoms with Crippen LogP contribution in [-0.4, -0.2) is 53.4 Å². The van der Waals surface area contributed by atoms with Gasteiger partial charge in [-0.3, -0.25) is 5.32 Å². The van der Waals surface area contributed by atoms with Crippen LogP contribution in [-0.2, 0) is 16.6 Å². The zero-order valence-corrected chi connectivity index (χ0v) is 17.3. The molecule has 30 heavy (non-hydrogen) atoms. The molecule has 14 heteroatoms. The highest BCUT2D eigenvalue weighted by Gasteiger charge is 2.25. The maximum Gasteiger partial charge on any atom is 0.335 e. The number of rotatable bonds is 7. The first-order valence-electron chi connectivity index (χ1n) is 8.23. The Hall–Kier alpha value is -3.45. The Morgan fingerprint density at radius 2 is 1.90 bits per heavy atom. The lowest BCUT2D eigenvalue weighted by Gasteiger charge is -2.13. The number of ether oxygens (including phenoxy) is 2. The number of hydrogen-bond donors (Lipinski definition) is 2. The Bertz CT molecular complexity index is 1130. The second kappa shape index (κ2) is 8.92. The van der Waals surface area contributed by atoms with Gasteiger partial charge in [-0.05, 0) is 11.6 Å². The summed E-state index contributed by atoms with van der Waals surface area (Å²) in [5.41, 5.74) is 0.313. The lowest BCUT2D eigenvalue weighted by atomic mass is 10.2. The van der Waals surface area contributed by atoms with Gasteiger partial charge in [0, 0.05) is 0 Å². The van der Waals surface area contributed by atoms with Crippen molar-refractivity contribution in [2.24, 2.45) is 0 Å². The van der Waals surface area contributed by atoms with Gasteiger partial charge in [-0.1, -0.05) is 23.7 Å². The third-order valence-corrected chi connectivity index (χ3v) is 5.57. The largest absolute Gasteiger partial charge is 0.481 e. The van der Waals surface area contributed by atoms with Gasteiger partial charge < -0.3 is 9.47 Å². The molecule has 158 valence electrons. The summed E-state index contributed by atoms with van der Waals surface area (Å²) in [6.07, 6.45) is 2.73. The number of sulfonamides is 1. The van der Waals surface area contributed by atoms with Gasteiger partial charge in [-0.2, -0.15) is 15.1 Å². The second-order valence-corrected chi connectivity index (χ2v) is 7.68. The molecule has 1 aromatic carbocycles. The maximum atomic E-state index is 12.9. The van der Waals surface area contributed by atoms with Crippen LogP contribution in [0.25, 0.3) is 0 Å². The molecule has 2 heterocycles. The predicted octanol–water partition coefficient (Wildman–Crippen LogP) is 1.30. The number of carbonyl (C=O) groups is 1. The van der Waals surface area contributed by atoms with Crippen LogP contribution in [0.3, 0.4) is 0 Å². The number of anilines is 1. The van der Waals surface area contributed by atoms with Crippen molar-refractivity contribution in [3.63, 3.8) is 0 Å². The summed E-state index contributed by atoms with van der Waals surface area (Å²) < 4.78 is 39.0. The number of nitrogens with one attached hydrogen (secondary N) is 2. The number of benzene rings is 1. The number of halogens is 1. The van der Waals surface area contributed by atoms with Gasteiger partial charge in [0.05, 0.1) is 31.9 Å². The molecule has 0 spiro atoms. The number of amides is 2. The zero-order valence-electron chi connectivity index (χ0n) is 15.7. The van der Waals surface area contributed by atoms with E-state index in [-0.39, 0.29) is 34.2 Å². The first-order valence-corrected chi connectivity index (χ1v) is 10.1. The van der Waals surface area contributed by atoms with Crippen molar-refractivity contribution in [3.05, 3.63) is 47.5 Å². The van der Waals surface area contributed by atoms with Gasteiger partial charge in [-0.15, -0.1) is 0 Å². The van der Waals surface area contributed by atoms with E-state index < -0.39 is 16.1 Å². The summed E-state index contributed by atoms with van der Waals surface area (Å²) in [6, 6.07) is 4.83. The molecule has 0 radical (unpaired) electrons. The van der Waals surface area contributed by atoms with E-state index in [1.165, 1.54) is 43.7 Å². The van der Waals surface area contributed by atoms with E-state index >= 15 is 0 Å². The van der Waals surface area contributed by atoms with Crippen molar-refractivity contribution < 1.29 is 22.7 Å². The van der Waals surface area contributed by atoms with Crippen LogP contribution < -0.4 is 19.5 Å². The summed E-state index contributed by atoms with van der Waals surface area (Å²) in [7, 11) is -1.62. The number of nitrogens with zero attached hydrogens (tertiary/aromatic N) is 5. The molecular formula is C16H16ClN7O5S. The Kier molecular flexibility index (Phi) is 6.32. The molecule has 0 aliphatic carbocycles. The normalized spacial score (nSPS) is 11.0. The molecule has 3 aromatic rings. The summed E-state index contributed by atoms with van der Waals surface area (Å²) in [4.78, 5) is 23.7. The molecule has 0 atom stereocenters. The van der Waals surface area contributed by atoms with Gasteiger partial charge >= 0.3 is 6.03 Å². The summed E-state index contributed by atoms with van der Waals surface area (Å²) >= 11 is 6.12. The Balaban J connectivity index is 1.84. The fourth-order valence-corrected chi connectivity index (χ4v) is 4.14. The van der Waals surface area contributed by atoms with Crippen molar-refractivity contribution in [3.8, 4) is 11.8 Å². The number of urea groups is 1. The fourth-order valence-electron chi connectivity index (χ4n) is 2.44. The van der Waals surface area contributed by atoms with Crippen molar-refractivity contribution in [2.45, 2.75) is 11.4 Å². The molecule has 3 rings (SSSR count). The highest BCUT2D eigenvalue weighted by atomic mass is 35.5. The number of hydrogen-bond acceptors (Lipinski definition) is 9. The summed E-state index contributed by atoms with van der Waals surface area (Å²) in [6.45, 7) is 0.0780. The van der Waals surface area contributed by atoms with Gasteiger partial charge in [0.25, 0.3) is 10.0 Å². The third-order valence-electron chi connectivity index (χ3n) is 3.67. The minimum absolute atomic E-state index is 0.0628. The lowest BCUT2D eigenvalue weighted by Crippen LogP contribution is -2.35. The monoisotopic (exact) mass is 453 g/mol. The molecule has 2 amide bonds. The van der Waals surface area contributed by atoms with Crippen LogP contribution in [0.4, 0.5) is 10.7 Å². The summed E-state index contributed by atoms with van der Waals surface area (Å²) in [5, 5.41) is 6.10. The van der Waals surface area contributed by atoms with E-state index in [1.54, 1.807) is 12.1 Å². The minimum atomic E-state index is -4.35. The number of aromatic nitrogens is 5. The average molecular weight is 454 g/mol.